The summed E-state index contributed by atoms with van der Waals surface area (Å²) in [4.78, 5) is 16.4. The lowest BCUT2D eigenvalue weighted by Crippen LogP contribution is -2.35. The van der Waals surface area contributed by atoms with Gasteiger partial charge in [-0.25, -0.2) is 0 Å². The average Bonchev–Trinajstić information content (AvgIpc) is 3.04. The molecule has 21 heavy (non-hydrogen) atoms. The first kappa shape index (κ1) is 16.0. The lowest BCUT2D eigenvalue weighted by molar-refractivity contribution is -0.130. The Morgan fingerprint density at radius 3 is 2.62 bits per heavy atom. The first-order valence-corrected chi connectivity index (χ1v) is 7.93. The van der Waals surface area contributed by atoms with Gasteiger partial charge in [-0.2, -0.15) is 0 Å². The van der Waals surface area contributed by atoms with Crippen LogP contribution in [0, 0.1) is 0 Å². The second kappa shape index (κ2) is 8.15. The van der Waals surface area contributed by atoms with Crippen LogP contribution in [0.15, 0.2) is 30.3 Å². The number of amides is 1. The molecule has 0 spiro atoms. The number of hydrogen-bond donors (Lipinski definition) is 1. The van der Waals surface area contributed by atoms with Crippen LogP contribution in [0.4, 0.5) is 0 Å². The molecule has 1 aromatic carbocycles. The second-order valence-corrected chi connectivity index (χ2v) is 5.92. The number of likely N-dealkylation sites (tertiary alicyclic amines) is 1. The highest BCUT2D eigenvalue weighted by Crippen LogP contribution is 2.15. The van der Waals surface area contributed by atoms with Crippen molar-refractivity contribution in [1.29, 1.82) is 0 Å². The summed E-state index contributed by atoms with van der Waals surface area (Å²) in [6.07, 6.45) is 3.82. The van der Waals surface area contributed by atoms with E-state index >= 15 is 0 Å². The van der Waals surface area contributed by atoms with E-state index in [1.54, 1.807) is 0 Å². The summed E-state index contributed by atoms with van der Waals surface area (Å²) in [6, 6.07) is 9.94. The molecule has 1 saturated heterocycles. The van der Waals surface area contributed by atoms with Gasteiger partial charge in [-0.1, -0.05) is 30.3 Å². The molecule has 1 fully saturated rings. The van der Waals surface area contributed by atoms with Crippen LogP contribution in [0.3, 0.4) is 0 Å². The minimum absolute atomic E-state index is 0.0536. The third kappa shape index (κ3) is 5.14. The SMILES string of the molecule is CN(CCN1CCCC1)C(=O)CCC(N)c1ccccc1. The molecular weight excluding hydrogens is 262 g/mol. The van der Waals surface area contributed by atoms with Gasteiger partial charge in [0.2, 0.25) is 5.91 Å². The summed E-state index contributed by atoms with van der Waals surface area (Å²) in [7, 11) is 1.90. The normalized spacial score (nSPS) is 16.9. The lowest BCUT2D eigenvalue weighted by atomic mass is 10.0. The standard InChI is InChI=1S/C17H27N3O/c1-19(13-14-20-11-5-6-12-20)17(21)10-9-16(18)15-7-3-2-4-8-15/h2-4,7-8,16H,5-6,9-14,18H2,1H3. The summed E-state index contributed by atoms with van der Waals surface area (Å²) in [5.74, 6) is 0.195. The van der Waals surface area contributed by atoms with E-state index in [1.165, 1.54) is 25.9 Å². The Kier molecular flexibility index (Phi) is 6.21. The number of likely N-dealkylation sites (N-methyl/N-ethyl adjacent to an activating group) is 1. The number of benzene rings is 1. The van der Waals surface area contributed by atoms with Crippen LogP contribution in [0.1, 0.15) is 37.3 Å². The van der Waals surface area contributed by atoms with Gasteiger partial charge in [0.05, 0.1) is 0 Å². The Morgan fingerprint density at radius 2 is 1.95 bits per heavy atom. The van der Waals surface area contributed by atoms with E-state index in [0.29, 0.717) is 12.8 Å². The van der Waals surface area contributed by atoms with Crippen molar-refractivity contribution >= 4 is 5.91 Å². The van der Waals surface area contributed by atoms with Gasteiger partial charge in [-0.3, -0.25) is 4.79 Å². The average molecular weight is 289 g/mol. The largest absolute Gasteiger partial charge is 0.344 e. The van der Waals surface area contributed by atoms with Crippen molar-refractivity contribution in [2.24, 2.45) is 5.73 Å². The first-order chi connectivity index (χ1) is 10.2. The molecule has 0 aromatic heterocycles. The molecule has 1 aliphatic heterocycles. The molecule has 2 rings (SSSR count). The minimum atomic E-state index is -0.0536. The van der Waals surface area contributed by atoms with Gasteiger partial charge in [-0.15, -0.1) is 0 Å². The van der Waals surface area contributed by atoms with Crippen molar-refractivity contribution in [2.45, 2.75) is 31.7 Å². The number of rotatable bonds is 7. The summed E-state index contributed by atoms with van der Waals surface area (Å²) < 4.78 is 0. The molecule has 1 aliphatic rings. The van der Waals surface area contributed by atoms with Crippen molar-refractivity contribution in [3.63, 3.8) is 0 Å². The van der Waals surface area contributed by atoms with Gasteiger partial charge >= 0.3 is 0 Å². The number of nitrogens with two attached hydrogens (primary N) is 1. The third-order valence-electron chi connectivity index (χ3n) is 4.27. The highest BCUT2D eigenvalue weighted by molar-refractivity contribution is 5.75. The molecule has 0 radical (unpaired) electrons. The maximum Gasteiger partial charge on any atom is 0.222 e. The van der Waals surface area contributed by atoms with Crippen LogP contribution in [-0.2, 0) is 4.79 Å². The monoisotopic (exact) mass is 289 g/mol. The van der Waals surface area contributed by atoms with Crippen LogP contribution in [0.2, 0.25) is 0 Å². The fourth-order valence-corrected chi connectivity index (χ4v) is 2.76. The van der Waals surface area contributed by atoms with Crippen LogP contribution in [-0.4, -0.2) is 48.9 Å². The summed E-state index contributed by atoms with van der Waals surface area (Å²) >= 11 is 0. The topological polar surface area (TPSA) is 49.6 Å². The highest BCUT2D eigenvalue weighted by atomic mass is 16.2. The zero-order valence-electron chi connectivity index (χ0n) is 13.0. The molecule has 4 nitrogen and oxygen atoms in total. The molecule has 0 bridgehead atoms. The summed E-state index contributed by atoms with van der Waals surface area (Å²) in [6.45, 7) is 4.17. The third-order valence-corrected chi connectivity index (χ3v) is 4.27. The molecule has 1 unspecified atom stereocenters. The number of hydrogen-bond acceptors (Lipinski definition) is 3. The van der Waals surface area contributed by atoms with Crippen LogP contribution >= 0.6 is 0 Å². The minimum Gasteiger partial charge on any atom is -0.344 e. The Hall–Kier alpha value is -1.39. The van der Waals surface area contributed by atoms with E-state index in [2.05, 4.69) is 4.90 Å². The van der Waals surface area contributed by atoms with Gasteiger partial charge in [0.15, 0.2) is 0 Å². The van der Waals surface area contributed by atoms with Gasteiger partial charge in [-0.05, 0) is 37.9 Å². The summed E-state index contributed by atoms with van der Waals surface area (Å²) in [5, 5.41) is 0. The van der Waals surface area contributed by atoms with Gasteiger partial charge in [0.1, 0.15) is 0 Å². The molecule has 116 valence electrons. The Labute approximate surface area is 127 Å². The second-order valence-electron chi connectivity index (χ2n) is 5.92. The predicted molar refractivity (Wildman–Crippen MR) is 85.9 cm³/mol. The van der Waals surface area contributed by atoms with E-state index < -0.39 is 0 Å². The maximum absolute atomic E-state index is 12.1. The van der Waals surface area contributed by atoms with Crippen molar-refractivity contribution in [1.82, 2.24) is 9.80 Å². The summed E-state index contributed by atoms with van der Waals surface area (Å²) in [5.41, 5.74) is 7.24. The smallest absolute Gasteiger partial charge is 0.222 e. The Morgan fingerprint density at radius 1 is 1.29 bits per heavy atom. The van der Waals surface area contributed by atoms with Crippen molar-refractivity contribution in [3.8, 4) is 0 Å². The molecule has 1 heterocycles. The van der Waals surface area contributed by atoms with Gasteiger partial charge < -0.3 is 15.5 Å². The highest BCUT2D eigenvalue weighted by Gasteiger charge is 2.15. The molecule has 1 aromatic rings. The van der Waals surface area contributed by atoms with Crippen LogP contribution in [0.25, 0.3) is 0 Å². The number of nitrogens with zero attached hydrogens (tertiary/aromatic N) is 2. The van der Waals surface area contributed by atoms with Crippen LogP contribution in [0.5, 0.6) is 0 Å². The Bertz CT molecular complexity index is 429. The predicted octanol–water partition coefficient (Wildman–Crippen LogP) is 2.02. The molecule has 0 saturated carbocycles. The lowest BCUT2D eigenvalue weighted by Gasteiger charge is -2.22. The van der Waals surface area contributed by atoms with E-state index in [1.807, 2.05) is 42.3 Å². The van der Waals surface area contributed by atoms with Gasteiger partial charge in [0.25, 0.3) is 0 Å². The molecule has 2 N–H and O–H groups in total. The Balaban J connectivity index is 1.68. The van der Waals surface area contributed by atoms with E-state index in [0.717, 1.165) is 18.7 Å². The van der Waals surface area contributed by atoms with Crippen LogP contribution < -0.4 is 5.73 Å². The zero-order chi connectivity index (χ0) is 15.1. The molecule has 1 amide bonds. The molecule has 0 aliphatic carbocycles. The van der Waals surface area contributed by atoms with Crippen molar-refractivity contribution in [2.75, 3.05) is 33.2 Å². The number of carbonyl (C=O) groups is 1. The van der Waals surface area contributed by atoms with Gasteiger partial charge in [0, 0.05) is 32.6 Å². The maximum atomic E-state index is 12.1. The first-order valence-electron chi connectivity index (χ1n) is 7.93. The fraction of sp³-hybridized carbons (Fsp3) is 0.588. The van der Waals surface area contributed by atoms with Crippen molar-refractivity contribution in [3.05, 3.63) is 35.9 Å². The quantitative estimate of drug-likeness (QED) is 0.835. The number of carbonyl (C=O) groups excluding carboxylic acids is 1. The van der Waals surface area contributed by atoms with E-state index in [4.69, 9.17) is 5.73 Å². The van der Waals surface area contributed by atoms with E-state index in [-0.39, 0.29) is 11.9 Å². The molecule has 1 atom stereocenters. The molecular formula is C17H27N3O. The fourth-order valence-electron chi connectivity index (χ4n) is 2.76. The molecule has 4 heteroatoms. The van der Waals surface area contributed by atoms with Crippen molar-refractivity contribution < 1.29 is 4.79 Å². The van der Waals surface area contributed by atoms with E-state index in [9.17, 15) is 4.79 Å². The zero-order valence-corrected chi connectivity index (χ0v) is 13.0.